The lowest BCUT2D eigenvalue weighted by atomic mass is 10.0. The van der Waals surface area contributed by atoms with Crippen LogP contribution in [0.2, 0.25) is 0 Å². The van der Waals surface area contributed by atoms with E-state index in [0.717, 1.165) is 29.7 Å². The summed E-state index contributed by atoms with van der Waals surface area (Å²) in [7, 11) is 0. The van der Waals surface area contributed by atoms with Crippen molar-refractivity contribution in [1.29, 1.82) is 0 Å². The molecule has 1 aliphatic rings. The SMILES string of the molecule is Brc1ccc(CC(Br)c2ccc3c(c2)CCO3)cc1. The lowest BCUT2D eigenvalue weighted by Gasteiger charge is -2.12. The molecule has 0 bridgehead atoms. The predicted molar refractivity (Wildman–Crippen MR) is 85.2 cm³/mol. The van der Waals surface area contributed by atoms with Crippen molar-refractivity contribution in [2.45, 2.75) is 17.7 Å². The molecule has 1 nitrogen and oxygen atoms in total. The maximum Gasteiger partial charge on any atom is 0.122 e. The lowest BCUT2D eigenvalue weighted by Crippen LogP contribution is -1.96. The number of fused-ring (bicyclic) bond motifs is 1. The molecular formula is C16H14Br2O. The highest BCUT2D eigenvalue weighted by atomic mass is 79.9. The third kappa shape index (κ3) is 3.03. The fourth-order valence-corrected chi connectivity index (χ4v) is 3.27. The molecule has 98 valence electrons. The monoisotopic (exact) mass is 380 g/mol. The number of ether oxygens (including phenoxy) is 1. The molecule has 0 spiro atoms. The number of hydrogen-bond donors (Lipinski definition) is 0. The highest BCUT2D eigenvalue weighted by molar-refractivity contribution is 9.10. The summed E-state index contributed by atoms with van der Waals surface area (Å²) in [5, 5.41) is 0. The van der Waals surface area contributed by atoms with E-state index in [-0.39, 0.29) is 0 Å². The first-order valence-electron chi connectivity index (χ1n) is 6.36. The molecule has 0 radical (unpaired) electrons. The Kier molecular flexibility index (Phi) is 3.94. The second-order valence-corrected chi connectivity index (χ2v) is 6.78. The molecule has 1 unspecified atom stereocenters. The topological polar surface area (TPSA) is 9.23 Å². The molecule has 0 fully saturated rings. The van der Waals surface area contributed by atoms with Gasteiger partial charge in [-0.1, -0.05) is 56.1 Å². The number of hydrogen-bond acceptors (Lipinski definition) is 1. The summed E-state index contributed by atoms with van der Waals surface area (Å²) in [6.07, 6.45) is 2.02. The maximum atomic E-state index is 5.54. The summed E-state index contributed by atoms with van der Waals surface area (Å²) < 4.78 is 6.67. The first-order valence-corrected chi connectivity index (χ1v) is 8.07. The minimum absolute atomic E-state index is 0.347. The van der Waals surface area contributed by atoms with Crippen LogP contribution in [-0.4, -0.2) is 6.61 Å². The van der Waals surface area contributed by atoms with Crippen LogP contribution in [0.25, 0.3) is 0 Å². The van der Waals surface area contributed by atoms with Crippen LogP contribution in [0.3, 0.4) is 0 Å². The Hall–Kier alpha value is -0.800. The summed E-state index contributed by atoms with van der Waals surface area (Å²) in [4.78, 5) is 0.347. The fourth-order valence-electron chi connectivity index (χ4n) is 2.35. The van der Waals surface area contributed by atoms with Gasteiger partial charge in [-0.15, -0.1) is 0 Å². The Morgan fingerprint density at radius 1 is 1.11 bits per heavy atom. The van der Waals surface area contributed by atoms with Crippen molar-refractivity contribution in [2.75, 3.05) is 6.61 Å². The molecule has 0 amide bonds. The maximum absolute atomic E-state index is 5.54. The second-order valence-electron chi connectivity index (χ2n) is 4.76. The van der Waals surface area contributed by atoms with Gasteiger partial charge in [0, 0.05) is 15.7 Å². The van der Waals surface area contributed by atoms with E-state index in [4.69, 9.17) is 4.74 Å². The zero-order chi connectivity index (χ0) is 13.2. The molecule has 1 atom stereocenters. The van der Waals surface area contributed by atoms with E-state index in [0.29, 0.717) is 4.83 Å². The molecule has 0 saturated carbocycles. The van der Waals surface area contributed by atoms with Gasteiger partial charge < -0.3 is 4.74 Å². The van der Waals surface area contributed by atoms with Crippen LogP contribution in [0, 0.1) is 0 Å². The van der Waals surface area contributed by atoms with Crippen LogP contribution in [0.4, 0.5) is 0 Å². The average molecular weight is 382 g/mol. The molecule has 0 aromatic heterocycles. The van der Waals surface area contributed by atoms with Crippen molar-refractivity contribution in [3.8, 4) is 5.75 Å². The minimum Gasteiger partial charge on any atom is -0.493 e. The average Bonchev–Trinajstić information content (AvgIpc) is 2.88. The zero-order valence-electron chi connectivity index (χ0n) is 10.4. The Morgan fingerprint density at radius 3 is 2.68 bits per heavy atom. The third-order valence-electron chi connectivity index (χ3n) is 3.40. The number of halogens is 2. The molecular weight excluding hydrogens is 368 g/mol. The third-order valence-corrected chi connectivity index (χ3v) is 4.78. The van der Waals surface area contributed by atoms with Crippen LogP contribution >= 0.6 is 31.9 Å². The zero-order valence-corrected chi connectivity index (χ0v) is 13.6. The highest BCUT2D eigenvalue weighted by Crippen LogP contribution is 2.33. The fraction of sp³-hybridized carbons (Fsp3) is 0.250. The van der Waals surface area contributed by atoms with Gasteiger partial charge >= 0.3 is 0 Å². The summed E-state index contributed by atoms with van der Waals surface area (Å²) in [6, 6.07) is 15.0. The summed E-state index contributed by atoms with van der Waals surface area (Å²) in [5.74, 6) is 1.05. The van der Waals surface area contributed by atoms with Crippen LogP contribution < -0.4 is 4.74 Å². The quantitative estimate of drug-likeness (QED) is 0.675. The van der Waals surface area contributed by atoms with E-state index in [1.807, 2.05) is 0 Å². The molecule has 0 aliphatic carbocycles. The molecule has 1 heterocycles. The van der Waals surface area contributed by atoms with Gasteiger partial charge in [0.25, 0.3) is 0 Å². The molecule has 2 aromatic rings. The molecule has 0 N–H and O–H groups in total. The van der Waals surface area contributed by atoms with Gasteiger partial charge in [0.05, 0.1) is 6.61 Å². The summed E-state index contributed by atoms with van der Waals surface area (Å²) in [5.41, 5.74) is 3.99. The molecule has 19 heavy (non-hydrogen) atoms. The van der Waals surface area contributed by atoms with Gasteiger partial charge in [-0.25, -0.2) is 0 Å². The number of alkyl halides is 1. The van der Waals surface area contributed by atoms with E-state index >= 15 is 0 Å². The molecule has 3 rings (SSSR count). The van der Waals surface area contributed by atoms with Crippen molar-refractivity contribution >= 4 is 31.9 Å². The largest absolute Gasteiger partial charge is 0.493 e. The normalized spacial score (nSPS) is 14.8. The van der Waals surface area contributed by atoms with Gasteiger partial charge in [0.2, 0.25) is 0 Å². The summed E-state index contributed by atoms with van der Waals surface area (Å²) >= 11 is 7.26. The second kappa shape index (κ2) is 5.68. The van der Waals surface area contributed by atoms with Crippen LogP contribution in [-0.2, 0) is 12.8 Å². The first-order chi connectivity index (χ1) is 9.22. The van der Waals surface area contributed by atoms with Crippen molar-refractivity contribution in [2.24, 2.45) is 0 Å². The minimum atomic E-state index is 0.347. The van der Waals surface area contributed by atoms with Gasteiger partial charge in [-0.2, -0.15) is 0 Å². The van der Waals surface area contributed by atoms with Crippen LogP contribution in [0.5, 0.6) is 5.75 Å². The van der Waals surface area contributed by atoms with Gasteiger partial charge in [-0.05, 0) is 41.3 Å². The first kappa shape index (κ1) is 13.2. The van der Waals surface area contributed by atoms with E-state index in [1.165, 1.54) is 16.7 Å². The number of benzene rings is 2. The van der Waals surface area contributed by atoms with Crippen molar-refractivity contribution in [1.82, 2.24) is 0 Å². The molecule has 1 aliphatic heterocycles. The highest BCUT2D eigenvalue weighted by Gasteiger charge is 2.15. The van der Waals surface area contributed by atoms with Gasteiger partial charge in [0.1, 0.15) is 5.75 Å². The standard InChI is InChI=1S/C16H14Br2O/c17-14-4-1-11(2-5-14)9-15(18)12-3-6-16-13(10-12)7-8-19-16/h1-6,10,15H,7-9H2. The van der Waals surface area contributed by atoms with E-state index in [1.54, 1.807) is 0 Å². The molecule has 3 heteroatoms. The lowest BCUT2D eigenvalue weighted by molar-refractivity contribution is 0.357. The number of rotatable bonds is 3. The van der Waals surface area contributed by atoms with E-state index in [2.05, 4.69) is 74.3 Å². The van der Waals surface area contributed by atoms with Crippen molar-refractivity contribution < 1.29 is 4.74 Å². The van der Waals surface area contributed by atoms with Gasteiger partial charge in [0.15, 0.2) is 0 Å². The van der Waals surface area contributed by atoms with Crippen LogP contribution in [0.15, 0.2) is 46.9 Å². The van der Waals surface area contributed by atoms with Gasteiger partial charge in [-0.3, -0.25) is 0 Å². The molecule has 0 saturated heterocycles. The van der Waals surface area contributed by atoms with E-state index < -0.39 is 0 Å². The molecule has 2 aromatic carbocycles. The van der Waals surface area contributed by atoms with Crippen molar-refractivity contribution in [3.05, 3.63) is 63.6 Å². The van der Waals surface area contributed by atoms with Crippen molar-refractivity contribution in [3.63, 3.8) is 0 Å². The Balaban J connectivity index is 1.76. The Labute approximate surface area is 130 Å². The van der Waals surface area contributed by atoms with Crippen LogP contribution in [0.1, 0.15) is 21.5 Å². The predicted octanol–water partition coefficient (Wildman–Crippen LogP) is 5.06. The Bertz CT molecular complexity index is 578. The van der Waals surface area contributed by atoms with E-state index in [9.17, 15) is 0 Å². The summed E-state index contributed by atoms with van der Waals surface area (Å²) in [6.45, 7) is 0.818. The Morgan fingerprint density at radius 2 is 1.89 bits per heavy atom. The smallest absolute Gasteiger partial charge is 0.122 e.